The minimum atomic E-state index is 0.299. The number of hydrogen-bond donors (Lipinski definition) is 0. The van der Waals surface area contributed by atoms with Crippen molar-refractivity contribution in [3.05, 3.63) is 35.4 Å². The van der Waals surface area contributed by atoms with E-state index in [0.29, 0.717) is 18.1 Å². The molecule has 26 heavy (non-hydrogen) atoms. The third-order valence-corrected chi connectivity index (χ3v) is 7.05. The second-order valence-corrected chi connectivity index (χ2v) is 8.99. The summed E-state index contributed by atoms with van der Waals surface area (Å²) < 4.78 is 11.5. The van der Waals surface area contributed by atoms with Crippen LogP contribution in [0.5, 0.6) is 0 Å². The first-order chi connectivity index (χ1) is 12.8. The highest BCUT2D eigenvalue weighted by atomic mass is 16.6. The molecule has 3 unspecified atom stereocenters. The molecule has 1 saturated carbocycles. The van der Waals surface area contributed by atoms with E-state index < -0.39 is 0 Å². The Morgan fingerprint density at radius 1 is 0.808 bits per heavy atom. The van der Waals surface area contributed by atoms with E-state index in [4.69, 9.17) is 9.47 Å². The Hall–Kier alpha value is -0.860. The van der Waals surface area contributed by atoms with Crippen molar-refractivity contribution < 1.29 is 9.47 Å². The Morgan fingerprint density at radius 2 is 1.50 bits per heavy atom. The molecule has 4 rings (SSSR count). The van der Waals surface area contributed by atoms with E-state index in [1.54, 1.807) is 0 Å². The summed E-state index contributed by atoms with van der Waals surface area (Å²) in [4.78, 5) is 0. The molecular formula is C24H36O2. The second-order valence-electron chi connectivity index (χ2n) is 8.99. The lowest BCUT2D eigenvalue weighted by atomic mass is 9.78. The topological polar surface area (TPSA) is 21.8 Å². The molecule has 1 aromatic rings. The van der Waals surface area contributed by atoms with Gasteiger partial charge in [-0.3, -0.25) is 0 Å². The average Bonchev–Trinajstić information content (AvgIpc) is 3.54. The molecule has 0 bridgehead atoms. The zero-order valence-corrected chi connectivity index (χ0v) is 16.5. The first-order valence-electron chi connectivity index (χ1n) is 11.1. The maximum atomic E-state index is 6.12. The van der Waals surface area contributed by atoms with Gasteiger partial charge in [-0.25, -0.2) is 0 Å². The zero-order chi connectivity index (χ0) is 17.8. The number of rotatable bonds is 7. The molecule has 0 N–H and O–H groups in total. The number of hydrogen-bond acceptors (Lipinski definition) is 2. The van der Waals surface area contributed by atoms with E-state index >= 15 is 0 Å². The Balaban J connectivity index is 1.20. The molecule has 0 radical (unpaired) electrons. The largest absolute Gasteiger partial charge is 0.373 e. The first kappa shape index (κ1) is 18.5. The molecule has 3 atom stereocenters. The zero-order valence-electron chi connectivity index (χ0n) is 16.5. The van der Waals surface area contributed by atoms with Gasteiger partial charge in [-0.15, -0.1) is 0 Å². The van der Waals surface area contributed by atoms with Crippen molar-refractivity contribution in [1.29, 1.82) is 0 Å². The van der Waals surface area contributed by atoms with Gasteiger partial charge in [0.25, 0.3) is 0 Å². The molecule has 3 aliphatic rings. The van der Waals surface area contributed by atoms with E-state index in [2.05, 4.69) is 31.2 Å². The van der Waals surface area contributed by atoms with Gasteiger partial charge >= 0.3 is 0 Å². The van der Waals surface area contributed by atoms with Gasteiger partial charge in [-0.2, -0.15) is 0 Å². The van der Waals surface area contributed by atoms with Crippen molar-refractivity contribution in [3.8, 4) is 0 Å². The molecule has 144 valence electrons. The van der Waals surface area contributed by atoms with Gasteiger partial charge in [0.15, 0.2) is 0 Å². The highest BCUT2D eigenvalue weighted by Crippen LogP contribution is 2.36. The average molecular weight is 357 g/mol. The van der Waals surface area contributed by atoms with Crippen molar-refractivity contribution in [2.45, 2.75) is 83.3 Å². The number of ether oxygens (including phenoxy) is 2. The molecule has 3 fully saturated rings. The lowest BCUT2D eigenvalue weighted by molar-refractivity contribution is -0.0240. The maximum Gasteiger partial charge on any atom is 0.0860 e. The summed E-state index contributed by atoms with van der Waals surface area (Å²) in [7, 11) is 0. The van der Waals surface area contributed by atoms with Gasteiger partial charge in [0, 0.05) is 5.92 Å². The molecule has 2 nitrogen and oxygen atoms in total. The Kier molecular flexibility index (Phi) is 6.32. The van der Waals surface area contributed by atoms with E-state index in [0.717, 1.165) is 31.5 Å². The van der Waals surface area contributed by atoms with E-state index in [1.807, 2.05) is 0 Å². The number of aryl methyl sites for hydroxylation is 1. The van der Waals surface area contributed by atoms with Gasteiger partial charge in [0.2, 0.25) is 0 Å². The van der Waals surface area contributed by atoms with Crippen LogP contribution in [0.15, 0.2) is 24.3 Å². The SMILES string of the molecule is CCCC1CCC(CCc2ccc(C3CCC(C4CO4)CO3)cc2)CC1. The molecule has 2 saturated heterocycles. The van der Waals surface area contributed by atoms with Crippen LogP contribution in [0, 0.1) is 17.8 Å². The molecular weight excluding hydrogens is 320 g/mol. The van der Waals surface area contributed by atoms with Crippen LogP contribution in [0.2, 0.25) is 0 Å². The number of epoxide rings is 1. The first-order valence-corrected chi connectivity index (χ1v) is 11.1. The van der Waals surface area contributed by atoms with Crippen LogP contribution >= 0.6 is 0 Å². The quantitative estimate of drug-likeness (QED) is 0.551. The molecule has 2 heterocycles. The second kappa shape index (κ2) is 8.89. The fourth-order valence-corrected chi connectivity index (χ4v) is 5.14. The minimum absolute atomic E-state index is 0.299. The Morgan fingerprint density at radius 3 is 2.08 bits per heavy atom. The summed E-state index contributed by atoms with van der Waals surface area (Å²) in [5, 5.41) is 0. The van der Waals surface area contributed by atoms with Gasteiger partial charge < -0.3 is 9.47 Å². The van der Waals surface area contributed by atoms with Crippen molar-refractivity contribution in [3.63, 3.8) is 0 Å². The Labute approximate surface area is 159 Å². The predicted molar refractivity (Wildman–Crippen MR) is 106 cm³/mol. The van der Waals surface area contributed by atoms with Crippen molar-refractivity contribution >= 4 is 0 Å². The highest BCUT2D eigenvalue weighted by Gasteiger charge is 2.36. The van der Waals surface area contributed by atoms with Crippen LogP contribution in [0.4, 0.5) is 0 Å². The summed E-state index contributed by atoms with van der Waals surface area (Å²) >= 11 is 0. The minimum Gasteiger partial charge on any atom is -0.373 e. The molecule has 0 aromatic heterocycles. The number of benzene rings is 1. The Bertz CT molecular complexity index is 532. The van der Waals surface area contributed by atoms with E-state index in [1.165, 1.54) is 68.9 Å². The third-order valence-electron chi connectivity index (χ3n) is 7.05. The van der Waals surface area contributed by atoms with Gasteiger partial charge in [-0.05, 0) is 48.6 Å². The van der Waals surface area contributed by atoms with Crippen LogP contribution in [0.3, 0.4) is 0 Å². The maximum absolute atomic E-state index is 6.12. The summed E-state index contributed by atoms with van der Waals surface area (Å²) in [6.07, 6.45) is 14.5. The van der Waals surface area contributed by atoms with Gasteiger partial charge in [0.05, 0.1) is 25.4 Å². The molecule has 0 amide bonds. The van der Waals surface area contributed by atoms with Crippen LogP contribution in [-0.4, -0.2) is 19.3 Å². The van der Waals surface area contributed by atoms with Crippen LogP contribution < -0.4 is 0 Å². The molecule has 1 aromatic carbocycles. The fourth-order valence-electron chi connectivity index (χ4n) is 5.14. The van der Waals surface area contributed by atoms with Crippen molar-refractivity contribution in [2.75, 3.05) is 13.2 Å². The lowest BCUT2D eigenvalue weighted by Gasteiger charge is -2.29. The molecule has 2 aliphatic heterocycles. The van der Waals surface area contributed by atoms with Gasteiger partial charge in [-0.1, -0.05) is 69.7 Å². The van der Waals surface area contributed by atoms with Crippen molar-refractivity contribution in [2.24, 2.45) is 17.8 Å². The van der Waals surface area contributed by atoms with Crippen LogP contribution in [0.1, 0.15) is 81.9 Å². The normalized spacial score (nSPS) is 34.6. The van der Waals surface area contributed by atoms with Crippen molar-refractivity contribution in [1.82, 2.24) is 0 Å². The predicted octanol–water partition coefficient (Wildman–Crippen LogP) is 6.09. The summed E-state index contributed by atoms with van der Waals surface area (Å²) in [5.74, 6) is 2.63. The standard InChI is InChI=1S/C24H36O2/c1-2-3-18-4-6-19(7-5-18)8-9-20-10-12-21(13-11-20)23-15-14-22(16-25-23)24-17-26-24/h10-13,18-19,22-24H,2-9,14-17H2,1H3. The molecule has 2 heteroatoms. The highest BCUT2D eigenvalue weighted by molar-refractivity contribution is 5.24. The van der Waals surface area contributed by atoms with Crippen LogP contribution in [0.25, 0.3) is 0 Å². The van der Waals surface area contributed by atoms with E-state index in [-0.39, 0.29) is 0 Å². The monoisotopic (exact) mass is 356 g/mol. The molecule has 1 aliphatic carbocycles. The third kappa shape index (κ3) is 4.89. The lowest BCUT2D eigenvalue weighted by Crippen LogP contribution is -2.24. The summed E-state index contributed by atoms with van der Waals surface area (Å²) in [5.41, 5.74) is 2.87. The smallest absolute Gasteiger partial charge is 0.0860 e. The molecule has 0 spiro atoms. The summed E-state index contributed by atoms with van der Waals surface area (Å²) in [6, 6.07) is 9.31. The summed E-state index contributed by atoms with van der Waals surface area (Å²) in [6.45, 7) is 4.15. The van der Waals surface area contributed by atoms with Gasteiger partial charge in [0.1, 0.15) is 0 Å². The van der Waals surface area contributed by atoms with Crippen LogP contribution in [-0.2, 0) is 15.9 Å². The van der Waals surface area contributed by atoms with E-state index in [9.17, 15) is 0 Å². The fraction of sp³-hybridized carbons (Fsp3) is 0.750.